The van der Waals surface area contributed by atoms with Crippen LogP contribution in [0.4, 0.5) is 5.69 Å². The summed E-state index contributed by atoms with van der Waals surface area (Å²) in [6, 6.07) is 15.9. The van der Waals surface area contributed by atoms with Gasteiger partial charge in [-0.15, -0.1) is 0 Å². The molecule has 2 atom stereocenters. The van der Waals surface area contributed by atoms with Gasteiger partial charge in [0.15, 0.2) is 0 Å². The van der Waals surface area contributed by atoms with E-state index in [1.807, 2.05) is 30.0 Å². The van der Waals surface area contributed by atoms with Gasteiger partial charge in [0, 0.05) is 5.69 Å². The van der Waals surface area contributed by atoms with Crippen LogP contribution in [0.5, 0.6) is 0 Å². The third-order valence-corrected chi connectivity index (χ3v) is 8.27. The highest BCUT2D eigenvalue weighted by atomic mass is 16.5. The highest BCUT2D eigenvalue weighted by Gasteiger charge is 2.34. The van der Waals surface area contributed by atoms with E-state index < -0.39 is 12.1 Å². The number of amides is 1. The van der Waals surface area contributed by atoms with Gasteiger partial charge in [0.2, 0.25) is 5.91 Å². The van der Waals surface area contributed by atoms with Crippen LogP contribution in [-0.4, -0.2) is 30.6 Å². The Morgan fingerprint density at radius 1 is 1.03 bits per heavy atom. The second-order valence-electron chi connectivity index (χ2n) is 12.1. The molecule has 1 heterocycles. The Hall–Kier alpha value is -2.66. The van der Waals surface area contributed by atoms with Crippen molar-refractivity contribution in [1.82, 2.24) is 5.32 Å². The molecule has 0 unspecified atom stereocenters. The van der Waals surface area contributed by atoms with E-state index >= 15 is 0 Å². The van der Waals surface area contributed by atoms with Crippen molar-refractivity contribution in [3.05, 3.63) is 65.2 Å². The highest BCUT2D eigenvalue weighted by molar-refractivity contribution is 5.99. The number of hydrogen-bond donors (Lipinski definition) is 1. The van der Waals surface area contributed by atoms with Crippen LogP contribution in [0.15, 0.2) is 48.5 Å². The predicted molar refractivity (Wildman–Crippen MR) is 154 cm³/mol. The van der Waals surface area contributed by atoms with Crippen LogP contribution in [0.2, 0.25) is 0 Å². The molecule has 2 aliphatic rings. The molecule has 1 fully saturated rings. The summed E-state index contributed by atoms with van der Waals surface area (Å²) in [5.41, 5.74) is 4.60. The molecule has 5 heteroatoms. The number of nitrogens with zero attached hydrogens (tertiary/aromatic N) is 1. The largest absolute Gasteiger partial charge is 0.465 e. The summed E-state index contributed by atoms with van der Waals surface area (Å²) in [6.07, 6.45) is 9.55. The number of benzene rings is 2. The Morgan fingerprint density at radius 2 is 1.74 bits per heavy atom. The summed E-state index contributed by atoms with van der Waals surface area (Å²) < 4.78 is 5.45. The maximum atomic E-state index is 14.1. The summed E-state index contributed by atoms with van der Waals surface area (Å²) in [4.78, 5) is 29.0. The van der Waals surface area contributed by atoms with Crippen LogP contribution in [0.1, 0.15) is 95.8 Å². The fraction of sp³-hybridized carbons (Fsp3) is 0.576. The van der Waals surface area contributed by atoms with Crippen LogP contribution in [0, 0.1) is 5.92 Å². The molecule has 0 spiro atoms. The fourth-order valence-corrected chi connectivity index (χ4v) is 5.96. The molecule has 0 saturated heterocycles. The number of carbonyl (C=O) groups is 2. The molecule has 0 aromatic heterocycles. The first-order valence-corrected chi connectivity index (χ1v) is 14.7. The Labute approximate surface area is 229 Å². The number of ether oxygens (including phenoxy) is 1. The smallest absolute Gasteiger partial charge is 0.323 e. The molecule has 1 N–H and O–H groups in total. The Kier molecular flexibility index (Phi) is 9.64. The van der Waals surface area contributed by atoms with Crippen molar-refractivity contribution >= 4 is 17.6 Å². The van der Waals surface area contributed by atoms with E-state index in [1.165, 1.54) is 43.2 Å². The summed E-state index contributed by atoms with van der Waals surface area (Å²) >= 11 is 0. The maximum absolute atomic E-state index is 14.1. The van der Waals surface area contributed by atoms with E-state index in [9.17, 15) is 9.59 Å². The number of fused-ring (bicyclic) bond motifs is 1. The van der Waals surface area contributed by atoms with Crippen molar-refractivity contribution in [2.75, 3.05) is 11.5 Å². The van der Waals surface area contributed by atoms with Gasteiger partial charge < -0.3 is 9.64 Å². The molecule has 2 aromatic carbocycles. The molecule has 2 aromatic rings. The molecular formula is C33H46N2O3. The van der Waals surface area contributed by atoms with E-state index in [2.05, 4.69) is 56.4 Å². The lowest BCUT2D eigenvalue weighted by molar-refractivity contribution is -0.146. The molecule has 0 bridgehead atoms. The summed E-state index contributed by atoms with van der Waals surface area (Å²) in [6.45, 7) is 9.32. The monoisotopic (exact) mass is 518 g/mol. The van der Waals surface area contributed by atoms with E-state index in [0.29, 0.717) is 31.9 Å². The molecule has 5 nitrogen and oxygen atoms in total. The summed E-state index contributed by atoms with van der Waals surface area (Å²) in [5, 5.41) is 3.48. The van der Waals surface area contributed by atoms with Gasteiger partial charge in [-0.25, -0.2) is 0 Å². The zero-order valence-corrected chi connectivity index (χ0v) is 23.8. The third kappa shape index (κ3) is 7.25. The molecule has 4 rings (SSSR count). The van der Waals surface area contributed by atoms with Crippen LogP contribution in [-0.2, 0) is 32.7 Å². The maximum Gasteiger partial charge on any atom is 0.323 e. The van der Waals surface area contributed by atoms with Crippen molar-refractivity contribution in [2.45, 2.75) is 110 Å². The lowest BCUT2D eigenvalue weighted by Gasteiger charge is -2.29. The van der Waals surface area contributed by atoms with E-state index in [-0.39, 0.29) is 17.3 Å². The van der Waals surface area contributed by atoms with Crippen LogP contribution in [0.3, 0.4) is 0 Å². The van der Waals surface area contributed by atoms with E-state index in [4.69, 9.17) is 4.74 Å². The number of para-hydroxylation sites is 1. The van der Waals surface area contributed by atoms with Gasteiger partial charge in [-0.3, -0.25) is 14.9 Å². The quantitative estimate of drug-likeness (QED) is 0.375. The predicted octanol–water partition coefficient (Wildman–Crippen LogP) is 6.71. The second-order valence-corrected chi connectivity index (χ2v) is 12.1. The van der Waals surface area contributed by atoms with E-state index in [1.54, 1.807) is 0 Å². The minimum Gasteiger partial charge on any atom is -0.465 e. The van der Waals surface area contributed by atoms with Gasteiger partial charge in [0.25, 0.3) is 0 Å². The first kappa shape index (κ1) is 28.4. The van der Waals surface area contributed by atoms with Gasteiger partial charge >= 0.3 is 5.97 Å². The number of esters is 1. The summed E-state index contributed by atoms with van der Waals surface area (Å²) in [5.74, 6) is 0.466. The number of carbonyl (C=O) groups excluding carboxylic acids is 2. The van der Waals surface area contributed by atoms with Gasteiger partial charge in [0.05, 0.1) is 19.2 Å². The number of hydrogen-bond acceptors (Lipinski definition) is 4. The molecule has 0 radical (unpaired) electrons. The van der Waals surface area contributed by atoms with Crippen LogP contribution < -0.4 is 10.2 Å². The molecule has 1 amide bonds. The molecule has 206 valence electrons. The Morgan fingerprint density at radius 3 is 2.42 bits per heavy atom. The van der Waals surface area contributed by atoms with Crippen LogP contribution in [0.25, 0.3) is 0 Å². The first-order chi connectivity index (χ1) is 18.3. The highest BCUT2D eigenvalue weighted by Crippen LogP contribution is 2.31. The zero-order chi connectivity index (χ0) is 27.1. The topological polar surface area (TPSA) is 58.6 Å². The first-order valence-electron chi connectivity index (χ1n) is 14.7. The molecule has 1 saturated carbocycles. The number of rotatable bonds is 9. The molecular weight excluding hydrogens is 472 g/mol. The third-order valence-electron chi connectivity index (χ3n) is 8.27. The minimum absolute atomic E-state index is 0.0295. The fourth-order valence-electron chi connectivity index (χ4n) is 5.96. The minimum atomic E-state index is -0.458. The lowest BCUT2D eigenvalue weighted by atomic mass is 9.85. The number of aryl methyl sites for hydroxylation is 1. The van der Waals surface area contributed by atoms with Gasteiger partial charge in [0.1, 0.15) is 6.04 Å². The van der Waals surface area contributed by atoms with Gasteiger partial charge in [-0.05, 0) is 66.7 Å². The molecule has 1 aliphatic carbocycles. The zero-order valence-electron chi connectivity index (χ0n) is 23.8. The summed E-state index contributed by atoms with van der Waals surface area (Å²) in [7, 11) is 0. The van der Waals surface area contributed by atoms with Crippen molar-refractivity contribution in [3.8, 4) is 0 Å². The van der Waals surface area contributed by atoms with Gasteiger partial charge in [-0.2, -0.15) is 0 Å². The van der Waals surface area contributed by atoms with Crippen molar-refractivity contribution in [2.24, 2.45) is 5.92 Å². The lowest BCUT2D eigenvalue weighted by Crippen LogP contribution is -2.52. The van der Waals surface area contributed by atoms with Gasteiger partial charge in [-0.1, -0.05) is 95.3 Å². The SMILES string of the molecule is CCOC(=O)[C@H](CCC1CCCCC1)N[C@@H]1CCc2ccccc2N(Cc2ccc(C(C)(C)C)cc2)C1=O. The number of anilines is 1. The normalized spacial score (nSPS) is 19.5. The van der Waals surface area contributed by atoms with Crippen molar-refractivity contribution < 1.29 is 14.3 Å². The average molecular weight is 519 g/mol. The Bertz CT molecular complexity index is 1070. The van der Waals surface area contributed by atoms with E-state index in [0.717, 1.165) is 24.1 Å². The van der Waals surface area contributed by atoms with Crippen molar-refractivity contribution in [3.63, 3.8) is 0 Å². The Balaban J connectivity index is 1.54. The van der Waals surface area contributed by atoms with Crippen molar-refractivity contribution in [1.29, 1.82) is 0 Å². The molecule has 38 heavy (non-hydrogen) atoms. The standard InChI is InChI=1S/C33H46N2O3/c1-5-38-32(37)29(21-17-24-11-7-6-8-12-24)34-28-22-18-26-13-9-10-14-30(26)35(31(28)36)23-25-15-19-27(20-16-25)33(2,3)4/h9-10,13-16,19-20,24,28-29,34H,5-8,11-12,17-18,21-23H2,1-4H3/t28-,29+/m1/s1. The number of nitrogens with one attached hydrogen (secondary N) is 1. The molecule has 1 aliphatic heterocycles. The van der Waals surface area contributed by atoms with Crippen LogP contribution >= 0.6 is 0 Å². The second kappa shape index (κ2) is 12.9. The average Bonchev–Trinajstić information content (AvgIpc) is 3.03.